The Labute approximate surface area is 106 Å². The molecule has 0 saturated heterocycles. The number of rotatable bonds is 3. The zero-order valence-corrected chi connectivity index (χ0v) is 10.5. The van der Waals surface area contributed by atoms with Crippen molar-refractivity contribution in [2.75, 3.05) is 6.54 Å². The highest BCUT2D eigenvalue weighted by Crippen LogP contribution is 2.23. The first-order valence-electron chi connectivity index (χ1n) is 6.45. The molecule has 2 aromatic rings. The van der Waals surface area contributed by atoms with Crippen molar-refractivity contribution < 1.29 is 0 Å². The van der Waals surface area contributed by atoms with E-state index < -0.39 is 0 Å². The van der Waals surface area contributed by atoms with E-state index in [2.05, 4.69) is 32.0 Å². The van der Waals surface area contributed by atoms with Gasteiger partial charge in [0.05, 0.1) is 6.04 Å². The minimum atomic E-state index is 0.139. The maximum atomic E-state index is 4.36. The molecule has 5 heteroatoms. The van der Waals surface area contributed by atoms with E-state index in [1.807, 2.05) is 24.5 Å². The van der Waals surface area contributed by atoms with Crippen LogP contribution in [-0.2, 0) is 13.0 Å². The highest BCUT2D eigenvalue weighted by atomic mass is 15.3. The summed E-state index contributed by atoms with van der Waals surface area (Å²) in [4.78, 5) is 4.06. The van der Waals surface area contributed by atoms with Gasteiger partial charge < -0.3 is 9.88 Å². The molecule has 0 saturated carbocycles. The lowest BCUT2D eigenvalue weighted by atomic mass is 10.1. The summed E-state index contributed by atoms with van der Waals surface area (Å²) in [7, 11) is 0. The minimum absolute atomic E-state index is 0.139. The summed E-state index contributed by atoms with van der Waals surface area (Å²) < 4.78 is 2.26. The molecule has 0 aromatic carbocycles. The normalized spacial score (nSPS) is 18.6. The largest absolute Gasteiger partial charge is 0.312 e. The molecule has 0 amide bonds. The summed E-state index contributed by atoms with van der Waals surface area (Å²) in [6.45, 7) is 4.08. The molecule has 94 valence electrons. The van der Waals surface area contributed by atoms with Gasteiger partial charge in [-0.2, -0.15) is 0 Å². The van der Waals surface area contributed by atoms with Crippen LogP contribution in [0.1, 0.15) is 36.6 Å². The molecule has 0 bridgehead atoms. The number of nitrogens with one attached hydrogen (secondary N) is 1. The van der Waals surface area contributed by atoms with Gasteiger partial charge in [-0.05, 0) is 24.1 Å². The third kappa shape index (κ3) is 1.90. The number of aryl methyl sites for hydroxylation is 1. The lowest BCUT2D eigenvalue weighted by Gasteiger charge is -2.25. The quantitative estimate of drug-likeness (QED) is 0.883. The van der Waals surface area contributed by atoms with Gasteiger partial charge >= 0.3 is 0 Å². The average Bonchev–Trinajstić information content (AvgIpc) is 2.84. The van der Waals surface area contributed by atoms with Crippen molar-refractivity contribution in [3.63, 3.8) is 0 Å². The van der Waals surface area contributed by atoms with Crippen molar-refractivity contribution in [3.8, 4) is 0 Å². The first-order chi connectivity index (χ1) is 8.90. The van der Waals surface area contributed by atoms with Crippen molar-refractivity contribution in [3.05, 3.63) is 41.7 Å². The van der Waals surface area contributed by atoms with Gasteiger partial charge in [0, 0.05) is 31.9 Å². The Kier molecular flexibility index (Phi) is 3.06. The third-order valence-corrected chi connectivity index (χ3v) is 3.31. The minimum Gasteiger partial charge on any atom is -0.312 e. The van der Waals surface area contributed by atoms with Crippen molar-refractivity contribution in [2.45, 2.75) is 32.4 Å². The molecule has 18 heavy (non-hydrogen) atoms. The summed E-state index contributed by atoms with van der Waals surface area (Å²) in [6.07, 6.45) is 5.74. The van der Waals surface area contributed by atoms with Crippen LogP contribution < -0.4 is 5.32 Å². The molecular formula is C13H17N5. The van der Waals surface area contributed by atoms with Gasteiger partial charge in [0.1, 0.15) is 5.82 Å². The second kappa shape index (κ2) is 4.86. The molecule has 0 fully saturated rings. The Morgan fingerprint density at radius 3 is 2.94 bits per heavy atom. The van der Waals surface area contributed by atoms with Gasteiger partial charge in [-0.15, -0.1) is 10.2 Å². The lowest BCUT2D eigenvalue weighted by molar-refractivity contribution is 0.446. The van der Waals surface area contributed by atoms with Gasteiger partial charge in [-0.1, -0.05) is 6.92 Å². The van der Waals surface area contributed by atoms with Gasteiger partial charge in [0.2, 0.25) is 0 Å². The van der Waals surface area contributed by atoms with Gasteiger partial charge in [-0.3, -0.25) is 4.98 Å². The first kappa shape index (κ1) is 11.3. The second-order valence-corrected chi connectivity index (χ2v) is 4.54. The topological polar surface area (TPSA) is 55.6 Å². The number of fused-ring (bicyclic) bond motifs is 1. The van der Waals surface area contributed by atoms with Crippen LogP contribution in [0.3, 0.4) is 0 Å². The van der Waals surface area contributed by atoms with Crippen LogP contribution in [0.5, 0.6) is 0 Å². The van der Waals surface area contributed by atoms with E-state index in [0.717, 1.165) is 37.6 Å². The van der Waals surface area contributed by atoms with Crippen LogP contribution in [0.25, 0.3) is 0 Å². The molecule has 1 aliphatic rings. The van der Waals surface area contributed by atoms with E-state index >= 15 is 0 Å². The molecule has 1 unspecified atom stereocenters. The molecule has 1 aliphatic heterocycles. The Morgan fingerprint density at radius 1 is 1.33 bits per heavy atom. The van der Waals surface area contributed by atoms with E-state index in [4.69, 9.17) is 0 Å². The van der Waals surface area contributed by atoms with Crippen LogP contribution in [0.4, 0.5) is 0 Å². The lowest BCUT2D eigenvalue weighted by Crippen LogP contribution is -2.34. The van der Waals surface area contributed by atoms with Crippen LogP contribution in [0.15, 0.2) is 24.5 Å². The fraction of sp³-hybridized carbons (Fsp3) is 0.462. The second-order valence-electron chi connectivity index (χ2n) is 4.54. The Bertz CT molecular complexity index is 519. The van der Waals surface area contributed by atoms with Gasteiger partial charge in [0.25, 0.3) is 0 Å². The van der Waals surface area contributed by atoms with Gasteiger partial charge in [-0.25, -0.2) is 0 Å². The monoisotopic (exact) mass is 243 g/mol. The molecule has 3 heterocycles. The van der Waals surface area contributed by atoms with Crippen LogP contribution in [0.2, 0.25) is 0 Å². The molecule has 0 spiro atoms. The number of hydrogen-bond acceptors (Lipinski definition) is 4. The smallest absolute Gasteiger partial charge is 0.154 e. The van der Waals surface area contributed by atoms with Crippen LogP contribution >= 0.6 is 0 Å². The van der Waals surface area contributed by atoms with E-state index in [9.17, 15) is 0 Å². The van der Waals surface area contributed by atoms with Crippen molar-refractivity contribution in [2.24, 2.45) is 0 Å². The predicted octanol–water partition coefficient (Wildman–Crippen LogP) is 1.32. The Hall–Kier alpha value is -1.75. The molecule has 5 nitrogen and oxygen atoms in total. The summed E-state index contributed by atoms with van der Waals surface area (Å²) in [5.41, 5.74) is 1.20. The van der Waals surface area contributed by atoms with E-state index in [1.165, 1.54) is 5.56 Å². The fourth-order valence-corrected chi connectivity index (χ4v) is 2.45. The third-order valence-electron chi connectivity index (χ3n) is 3.31. The van der Waals surface area contributed by atoms with Crippen molar-refractivity contribution in [1.82, 2.24) is 25.1 Å². The Balaban J connectivity index is 1.98. The van der Waals surface area contributed by atoms with E-state index in [1.54, 1.807) is 0 Å². The maximum Gasteiger partial charge on any atom is 0.154 e. The molecule has 0 aliphatic carbocycles. The molecule has 0 radical (unpaired) electrons. The summed E-state index contributed by atoms with van der Waals surface area (Å²) in [6, 6.07) is 4.20. The molecular weight excluding hydrogens is 226 g/mol. The molecule has 1 atom stereocenters. The molecule has 3 rings (SSSR count). The van der Waals surface area contributed by atoms with Crippen molar-refractivity contribution >= 4 is 0 Å². The van der Waals surface area contributed by atoms with Crippen LogP contribution in [0, 0.1) is 0 Å². The number of aromatic nitrogens is 4. The maximum absolute atomic E-state index is 4.36. The zero-order valence-electron chi connectivity index (χ0n) is 10.5. The molecule has 1 N–H and O–H groups in total. The number of pyridine rings is 1. The predicted molar refractivity (Wildman–Crippen MR) is 68.1 cm³/mol. The van der Waals surface area contributed by atoms with Crippen LogP contribution in [-0.4, -0.2) is 26.3 Å². The summed E-state index contributed by atoms with van der Waals surface area (Å²) in [5.74, 6) is 2.13. The first-order valence-corrected chi connectivity index (χ1v) is 6.45. The number of nitrogens with zero attached hydrogens (tertiary/aromatic N) is 4. The highest BCUT2D eigenvalue weighted by molar-refractivity contribution is 5.24. The standard InChI is InChI=1S/C13H17N5/c1-2-3-11-16-17-13-12(15-8-9-18(11)13)10-4-6-14-7-5-10/h4-7,12,15H,2-3,8-9H2,1H3. The SMILES string of the molecule is CCCc1nnc2n1CCNC2c1ccncc1. The zero-order chi connectivity index (χ0) is 12.4. The molecule has 2 aromatic heterocycles. The summed E-state index contributed by atoms with van der Waals surface area (Å²) in [5, 5.41) is 12.2. The number of hydrogen-bond donors (Lipinski definition) is 1. The summed E-state index contributed by atoms with van der Waals surface area (Å²) >= 11 is 0. The highest BCUT2D eigenvalue weighted by Gasteiger charge is 2.25. The fourth-order valence-electron chi connectivity index (χ4n) is 2.45. The van der Waals surface area contributed by atoms with E-state index in [-0.39, 0.29) is 6.04 Å². The van der Waals surface area contributed by atoms with E-state index in [0.29, 0.717) is 0 Å². The Morgan fingerprint density at radius 2 is 2.17 bits per heavy atom. The average molecular weight is 243 g/mol. The van der Waals surface area contributed by atoms with Gasteiger partial charge in [0.15, 0.2) is 5.82 Å². The van der Waals surface area contributed by atoms with Crippen molar-refractivity contribution in [1.29, 1.82) is 0 Å².